The van der Waals surface area contributed by atoms with E-state index >= 15 is 0 Å². The van der Waals surface area contributed by atoms with Gasteiger partial charge in [-0.25, -0.2) is 14.1 Å². The number of nitrogens with zero attached hydrogens (tertiary/aromatic N) is 3. The Morgan fingerprint density at radius 1 is 1.00 bits per heavy atom. The van der Waals surface area contributed by atoms with Crippen LogP contribution in [0.4, 0.5) is 10.1 Å². The van der Waals surface area contributed by atoms with E-state index in [1.54, 1.807) is 41.2 Å². The quantitative estimate of drug-likeness (QED) is 0.316. The van der Waals surface area contributed by atoms with E-state index in [-0.39, 0.29) is 11.7 Å². The Balaban J connectivity index is 1.59. The number of amides is 1. The Hall–Kier alpha value is -4.03. The molecule has 5 aromatic rings. The van der Waals surface area contributed by atoms with Crippen molar-refractivity contribution in [2.24, 2.45) is 0 Å². The number of pyridine rings is 1. The maximum atomic E-state index is 13.4. The van der Waals surface area contributed by atoms with Crippen molar-refractivity contribution in [2.45, 2.75) is 13.8 Å². The monoisotopic (exact) mass is 470 g/mol. The number of aromatic nitrogens is 3. The van der Waals surface area contributed by atoms with Crippen molar-refractivity contribution >= 4 is 34.1 Å². The van der Waals surface area contributed by atoms with Crippen LogP contribution in [0.5, 0.6) is 0 Å². The molecule has 0 aliphatic rings. The third kappa shape index (κ3) is 4.04. The van der Waals surface area contributed by atoms with Crippen LogP contribution in [0.2, 0.25) is 5.02 Å². The van der Waals surface area contributed by atoms with E-state index in [0.29, 0.717) is 27.5 Å². The molecule has 0 unspecified atom stereocenters. The van der Waals surface area contributed by atoms with Crippen molar-refractivity contribution < 1.29 is 9.18 Å². The molecule has 0 bridgehead atoms. The molecule has 1 amide bonds. The number of aryl methyl sites for hydroxylation is 1. The number of hydrogen-bond donors (Lipinski definition) is 1. The number of nitrogens with one attached hydrogen (secondary N) is 1. The van der Waals surface area contributed by atoms with Crippen LogP contribution in [0.1, 0.15) is 21.6 Å². The first-order valence-corrected chi connectivity index (χ1v) is 11.1. The molecule has 1 N–H and O–H groups in total. The lowest BCUT2D eigenvalue weighted by molar-refractivity contribution is 0.102. The van der Waals surface area contributed by atoms with Gasteiger partial charge >= 0.3 is 0 Å². The second-order valence-corrected chi connectivity index (χ2v) is 8.45. The molecular weight excluding hydrogens is 451 g/mol. The maximum Gasteiger partial charge on any atom is 0.256 e. The van der Waals surface area contributed by atoms with Gasteiger partial charge < -0.3 is 5.32 Å². The molecule has 0 saturated heterocycles. The van der Waals surface area contributed by atoms with Crippen molar-refractivity contribution in [1.29, 1.82) is 0 Å². The Bertz CT molecular complexity index is 1540. The summed E-state index contributed by atoms with van der Waals surface area (Å²) in [6.07, 6.45) is 1.70. The van der Waals surface area contributed by atoms with Gasteiger partial charge in [-0.3, -0.25) is 4.79 Å². The molecule has 2 heterocycles. The molecule has 2 aromatic heterocycles. The number of rotatable bonds is 4. The molecule has 0 radical (unpaired) electrons. The van der Waals surface area contributed by atoms with Gasteiger partial charge in [0.05, 0.1) is 45.1 Å². The molecule has 0 aliphatic heterocycles. The first kappa shape index (κ1) is 21.8. The Labute approximate surface area is 200 Å². The van der Waals surface area contributed by atoms with Crippen LogP contribution in [0.25, 0.3) is 27.8 Å². The first-order valence-electron chi connectivity index (χ1n) is 10.7. The van der Waals surface area contributed by atoms with Crippen LogP contribution in [0, 0.1) is 19.7 Å². The van der Waals surface area contributed by atoms with E-state index in [1.165, 1.54) is 12.1 Å². The van der Waals surface area contributed by atoms with E-state index < -0.39 is 0 Å². The van der Waals surface area contributed by atoms with Crippen molar-refractivity contribution in [3.8, 4) is 16.9 Å². The molecule has 0 saturated carbocycles. The van der Waals surface area contributed by atoms with Gasteiger partial charge in [0.25, 0.3) is 5.91 Å². The van der Waals surface area contributed by atoms with Crippen molar-refractivity contribution in [2.75, 3.05) is 5.32 Å². The van der Waals surface area contributed by atoms with E-state index in [1.807, 2.05) is 44.2 Å². The van der Waals surface area contributed by atoms with Gasteiger partial charge in [-0.15, -0.1) is 0 Å². The molecule has 5 rings (SSSR count). The molecule has 3 aromatic carbocycles. The minimum atomic E-state index is -0.311. The normalized spacial score (nSPS) is 11.1. The summed E-state index contributed by atoms with van der Waals surface area (Å²) in [6, 6.07) is 20.9. The average Bonchev–Trinajstić information content (AvgIpc) is 3.21. The lowest BCUT2D eigenvalue weighted by atomic mass is 10.0. The highest BCUT2D eigenvalue weighted by molar-refractivity contribution is 6.34. The fourth-order valence-corrected chi connectivity index (χ4v) is 4.20. The second-order valence-electron chi connectivity index (χ2n) is 8.04. The number of fused-ring (bicyclic) bond motifs is 1. The smallest absolute Gasteiger partial charge is 0.256 e. The fraction of sp³-hybridized carbons (Fsp3) is 0.0741. The number of halogens is 2. The highest BCUT2D eigenvalue weighted by Gasteiger charge is 2.18. The molecule has 5 nitrogen and oxygen atoms in total. The van der Waals surface area contributed by atoms with Crippen LogP contribution in [0.3, 0.4) is 0 Å². The Morgan fingerprint density at radius 3 is 2.53 bits per heavy atom. The van der Waals surface area contributed by atoms with Crippen LogP contribution in [0.15, 0.2) is 79.0 Å². The van der Waals surface area contributed by atoms with E-state index in [4.69, 9.17) is 16.6 Å². The van der Waals surface area contributed by atoms with Gasteiger partial charge in [0.15, 0.2) is 0 Å². The summed E-state index contributed by atoms with van der Waals surface area (Å²) in [7, 11) is 0. The van der Waals surface area contributed by atoms with Gasteiger partial charge in [0.1, 0.15) is 5.82 Å². The first-order chi connectivity index (χ1) is 16.4. The van der Waals surface area contributed by atoms with Gasteiger partial charge in [-0.2, -0.15) is 5.10 Å². The standard InChI is InChI=1S/C27H20ClFN4O/c1-16-7-12-25(23(28)13-16)32-27(34)21-14-26(31-24-6-4-3-5-20(21)24)22-15-30-33(17(22)2)19-10-8-18(29)9-11-19/h3-15H,1-2H3,(H,32,34). The topological polar surface area (TPSA) is 59.8 Å². The van der Waals surface area contributed by atoms with E-state index in [0.717, 1.165) is 27.9 Å². The molecule has 0 atom stereocenters. The summed E-state index contributed by atoms with van der Waals surface area (Å²) in [4.78, 5) is 18.1. The highest BCUT2D eigenvalue weighted by Crippen LogP contribution is 2.30. The zero-order chi connectivity index (χ0) is 23.8. The lowest BCUT2D eigenvalue weighted by Gasteiger charge is -2.12. The molecule has 34 heavy (non-hydrogen) atoms. The van der Waals surface area contributed by atoms with Gasteiger partial charge in [-0.1, -0.05) is 35.9 Å². The number of carbonyl (C=O) groups is 1. The van der Waals surface area contributed by atoms with Crippen LogP contribution in [-0.2, 0) is 0 Å². The predicted octanol–water partition coefficient (Wildman–Crippen LogP) is 6.75. The fourth-order valence-electron chi connectivity index (χ4n) is 3.92. The van der Waals surface area contributed by atoms with Crippen molar-refractivity contribution in [3.63, 3.8) is 0 Å². The predicted molar refractivity (Wildman–Crippen MR) is 133 cm³/mol. The third-order valence-electron chi connectivity index (χ3n) is 5.69. The largest absolute Gasteiger partial charge is 0.321 e. The third-order valence-corrected chi connectivity index (χ3v) is 6.00. The molecule has 0 fully saturated rings. The molecule has 0 spiro atoms. The lowest BCUT2D eigenvalue weighted by Crippen LogP contribution is -2.13. The van der Waals surface area contributed by atoms with Gasteiger partial charge in [-0.05, 0) is 67.9 Å². The summed E-state index contributed by atoms with van der Waals surface area (Å²) >= 11 is 6.34. The number of carbonyl (C=O) groups excluding carboxylic acids is 1. The Kier molecular flexibility index (Phi) is 5.59. The number of para-hydroxylation sites is 1. The van der Waals surface area contributed by atoms with Gasteiger partial charge in [0.2, 0.25) is 0 Å². The summed E-state index contributed by atoms with van der Waals surface area (Å²) in [5.41, 5.74) is 5.66. The summed E-state index contributed by atoms with van der Waals surface area (Å²) in [5.74, 6) is -0.594. The summed E-state index contributed by atoms with van der Waals surface area (Å²) in [5, 5.41) is 8.60. The summed E-state index contributed by atoms with van der Waals surface area (Å²) in [6.45, 7) is 3.85. The van der Waals surface area contributed by atoms with Crippen LogP contribution < -0.4 is 5.32 Å². The number of anilines is 1. The minimum Gasteiger partial charge on any atom is -0.321 e. The van der Waals surface area contributed by atoms with Crippen LogP contribution in [-0.4, -0.2) is 20.7 Å². The minimum absolute atomic E-state index is 0.283. The second kappa shape index (κ2) is 8.72. The van der Waals surface area contributed by atoms with E-state index in [2.05, 4.69) is 10.4 Å². The number of benzene rings is 3. The number of hydrogen-bond acceptors (Lipinski definition) is 3. The Morgan fingerprint density at radius 2 is 1.76 bits per heavy atom. The van der Waals surface area contributed by atoms with Crippen molar-refractivity contribution in [3.05, 3.63) is 107 Å². The SMILES string of the molecule is Cc1ccc(NC(=O)c2cc(-c3cnn(-c4ccc(F)cc4)c3C)nc3ccccc23)c(Cl)c1. The van der Waals surface area contributed by atoms with E-state index in [9.17, 15) is 9.18 Å². The maximum absolute atomic E-state index is 13.4. The molecule has 7 heteroatoms. The van der Waals surface area contributed by atoms with Gasteiger partial charge in [0, 0.05) is 10.9 Å². The average molecular weight is 471 g/mol. The van der Waals surface area contributed by atoms with Crippen molar-refractivity contribution in [1.82, 2.24) is 14.8 Å². The van der Waals surface area contributed by atoms with Crippen LogP contribution >= 0.6 is 11.6 Å². The zero-order valence-corrected chi connectivity index (χ0v) is 19.3. The zero-order valence-electron chi connectivity index (χ0n) is 18.5. The molecular formula is C27H20ClFN4O. The molecule has 0 aliphatic carbocycles. The highest BCUT2D eigenvalue weighted by atomic mass is 35.5. The summed E-state index contributed by atoms with van der Waals surface area (Å²) < 4.78 is 15.1. The molecule has 168 valence electrons.